The number of halogens is 1. The van der Waals surface area contributed by atoms with E-state index in [9.17, 15) is 0 Å². The van der Waals surface area contributed by atoms with Crippen LogP contribution in [0.15, 0.2) is 24.3 Å². The molecule has 2 N–H and O–H groups in total. The summed E-state index contributed by atoms with van der Waals surface area (Å²) < 4.78 is 0. The molecular formula is C14H18ClN5. The number of aromatic nitrogens is 3. The fourth-order valence-electron chi connectivity index (χ4n) is 1.78. The zero-order valence-corrected chi connectivity index (χ0v) is 12.4. The van der Waals surface area contributed by atoms with Crippen molar-refractivity contribution in [1.29, 1.82) is 0 Å². The van der Waals surface area contributed by atoms with Gasteiger partial charge < -0.3 is 10.6 Å². The maximum atomic E-state index is 5.84. The van der Waals surface area contributed by atoms with Gasteiger partial charge in [-0.2, -0.15) is 15.0 Å². The average Bonchev–Trinajstić information content (AvgIpc) is 2.46. The zero-order chi connectivity index (χ0) is 14.4. The maximum Gasteiger partial charge on any atom is 0.233 e. The highest BCUT2D eigenvalue weighted by Crippen LogP contribution is 2.17. The lowest BCUT2D eigenvalue weighted by Gasteiger charge is -2.07. The van der Waals surface area contributed by atoms with E-state index < -0.39 is 0 Å². The number of unbranched alkanes of at least 4 members (excludes halogenated alkanes) is 1. The van der Waals surface area contributed by atoms with Gasteiger partial charge >= 0.3 is 0 Å². The summed E-state index contributed by atoms with van der Waals surface area (Å²) in [6, 6.07) is 8.25. The van der Waals surface area contributed by atoms with Crippen molar-refractivity contribution in [2.24, 2.45) is 0 Å². The van der Waals surface area contributed by atoms with Gasteiger partial charge in [-0.05, 0) is 42.1 Å². The Labute approximate surface area is 123 Å². The van der Waals surface area contributed by atoms with Crippen LogP contribution in [0.5, 0.6) is 0 Å². The molecule has 2 rings (SSSR count). The molecule has 0 saturated carbocycles. The molecule has 0 radical (unpaired) electrons. The number of rotatable bonds is 6. The first-order valence-electron chi connectivity index (χ1n) is 6.66. The largest absolute Gasteiger partial charge is 0.357 e. The highest BCUT2D eigenvalue weighted by atomic mass is 35.5. The van der Waals surface area contributed by atoms with Crippen molar-refractivity contribution in [3.8, 4) is 0 Å². The van der Waals surface area contributed by atoms with E-state index >= 15 is 0 Å². The smallest absolute Gasteiger partial charge is 0.233 e. The number of aryl methyl sites for hydroxylation is 1. The van der Waals surface area contributed by atoms with E-state index in [2.05, 4.69) is 44.6 Å². The topological polar surface area (TPSA) is 62.7 Å². The van der Waals surface area contributed by atoms with Gasteiger partial charge in [-0.25, -0.2) is 0 Å². The highest BCUT2D eigenvalue weighted by Gasteiger charge is 2.04. The molecule has 1 heterocycles. The van der Waals surface area contributed by atoms with E-state index in [4.69, 9.17) is 11.6 Å². The first-order valence-corrected chi connectivity index (χ1v) is 7.04. The molecule has 5 nitrogen and oxygen atoms in total. The van der Waals surface area contributed by atoms with Crippen LogP contribution in [0.4, 0.5) is 17.6 Å². The number of nitrogens with one attached hydrogen (secondary N) is 2. The monoisotopic (exact) mass is 291 g/mol. The molecule has 0 aliphatic carbocycles. The zero-order valence-electron chi connectivity index (χ0n) is 11.7. The van der Waals surface area contributed by atoms with Crippen LogP contribution in [-0.4, -0.2) is 22.0 Å². The summed E-state index contributed by atoms with van der Waals surface area (Å²) in [5.41, 5.74) is 2.26. The lowest BCUT2D eigenvalue weighted by molar-refractivity contribution is 0.795. The van der Waals surface area contributed by atoms with E-state index in [0.29, 0.717) is 11.9 Å². The molecule has 20 heavy (non-hydrogen) atoms. The summed E-state index contributed by atoms with van der Waals surface area (Å²) in [5, 5.41) is 6.11. The van der Waals surface area contributed by atoms with Gasteiger partial charge in [0.1, 0.15) is 0 Å². The summed E-state index contributed by atoms with van der Waals surface area (Å²) in [4.78, 5) is 12.2. The molecular weight excluding hydrogens is 274 g/mol. The molecule has 0 spiro atoms. The highest BCUT2D eigenvalue weighted by molar-refractivity contribution is 6.28. The fraction of sp³-hybridized carbons (Fsp3) is 0.357. The maximum absolute atomic E-state index is 5.84. The minimum atomic E-state index is 0.159. The van der Waals surface area contributed by atoms with E-state index in [0.717, 1.165) is 12.1 Å². The Morgan fingerprint density at radius 2 is 1.75 bits per heavy atom. The molecule has 0 saturated heterocycles. The van der Waals surface area contributed by atoms with Gasteiger partial charge in [-0.15, -0.1) is 0 Å². The van der Waals surface area contributed by atoms with Crippen molar-refractivity contribution < 1.29 is 0 Å². The molecule has 0 atom stereocenters. The van der Waals surface area contributed by atoms with Crippen molar-refractivity contribution in [1.82, 2.24) is 15.0 Å². The number of hydrogen-bond donors (Lipinski definition) is 2. The van der Waals surface area contributed by atoms with E-state index in [1.807, 2.05) is 12.1 Å². The molecule has 0 fully saturated rings. The van der Waals surface area contributed by atoms with E-state index in [1.165, 1.54) is 18.4 Å². The van der Waals surface area contributed by atoms with Crippen LogP contribution < -0.4 is 10.6 Å². The second kappa shape index (κ2) is 7.05. The number of benzene rings is 1. The molecule has 6 heteroatoms. The van der Waals surface area contributed by atoms with Crippen LogP contribution in [-0.2, 0) is 6.42 Å². The minimum absolute atomic E-state index is 0.159. The standard InChI is InChI=1S/C14H18ClN5/c1-3-4-5-10-6-8-11(9-7-10)17-14-19-12(15)18-13(16-2)20-14/h6-9H,3-5H2,1-2H3,(H2,16,17,18,19,20). The van der Waals surface area contributed by atoms with Crippen LogP contribution in [0.2, 0.25) is 5.28 Å². The van der Waals surface area contributed by atoms with Crippen LogP contribution in [0.3, 0.4) is 0 Å². The Hall–Kier alpha value is -1.88. The predicted molar refractivity (Wildman–Crippen MR) is 82.7 cm³/mol. The van der Waals surface area contributed by atoms with Gasteiger partial charge in [-0.3, -0.25) is 0 Å². The quantitative estimate of drug-likeness (QED) is 0.850. The van der Waals surface area contributed by atoms with Gasteiger partial charge in [0.05, 0.1) is 0 Å². The molecule has 0 amide bonds. The minimum Gasteiger partial charge on any atom is -0.357 e. The summed E-state index contributed by atoms with van der Waals surface area (Å²) in [6.45, 7) is 2.19. The third kappa shape index (κ3) is 4.06. The Morgan fingerprint density at radius 1 is 1.05 bits per heavy atom. The molecule has 0 aliphatic rings. The first kappa shape index (κ1) is 14.5. The third-order valence-electron chi connectivity index (χ3n) is 2.86. The van der Waals surface area contributed by atoms with Crippen molar-refractivity contribution in [2.75, 3.05) is 17.7 Å². The van der Waals surface area contributed by atoms with Gasteiger partial charge in [0.15, 0.2) is 0 Å². The van der Waals surface area contributed by atoms with E-state index in [-0.39, 0.29) is 5.28 Å². The van der Waals surface area contributed by atoms with Gasteiger partial charge in [0.25, 0.3) is 0 Å². The summed E-state index contributed by atoms with van der Waals surface area (Å²) in [6.07, 6.45) is 3.52. The Balaban J connectivity index is 2.07. The molecule has 106 valence electrons. The molecule has 0 aliphatic heterocycles. The number of anilines is 3. The third-order valence-corrected chi connectivity index (χ3v) is 3.03. The van der Waals surface area contributed by atoms with Crippen molar-refractivity contribution >= 4 is 29.2 Å². The SMILES string of the molecule is CCCCc1ccc(Nc2nc(Cl)nc(NC)n2)cc1. The molecule has 0 unspecified atom stereocenters. The lowest BCUT2D eigenvalue weighted by atomic mass is 10.1. The van der Waals surface area contributed by atoms with Crippen molar-refractivity contribution in [3.63, 3.8) is 0 Å². The van der Waals surface area contributed by atoms with Gasteiger partial charge in [0, 0.05) is 12.7 Å². The van der Waals surface area contributed by atoms with E-state index in [1.54, 1.807) is 7.05 Å². The second-order valence-electron chi connectivity index (χ2n) is 4.43. The van der Waals surface area contributed by atoms with Crippen LogP contribution in [0, 0.1) is 0 Å². The van der Waals surface area contributed by atoms with Gasteiger partial charge in [0.2, 0.25) is 17.2 Å². The first-order chi connectivity index (χ1) is 9.71. The van der Waals surface area contributed by atoms with Gasteiger partial charge in [-0.1, -0.05) is 25.5 Å². The van der Waals surface area contributed by atoms with Crippen LogP contribution >= 0.6 is 11.6 Å². The Kier molecular flexibility index (Phi) is 5.12. The molecule has 1 aromatic heterocycles. The second-order valence-corrected chi connectivity index (χ2v) is 4.77. The number of nitrogens with zero attached hydrogens (tertiary/aromatic N) is 3. The average molecular weight is 292 g/mol. The molecule has 2 aromatic rings. The number of hydrogen-bond acceptors (Lipinski definition) is 5. The summed E-state index contributed by atoms with van der Waals surface area (Å²) >= 11 is 5.84. The lowest BCUT2D eigenvalue weighted by Crippen LogP contribution is -2.03. The van der Waals surface area contributed by atoms with Crippen molar-refractivity contribution in [3.05, 3.63) is 35.1 Å². The van der Waals surface area contributed by atoms with Crippen LogP contribution in [0.1, 0.15) is 25.3 Å². The molecule has 1 aromatic carbocycles. The van der Waals surface area contributed by atoms with Crippen LogP contribution in [0.25, 0.3) is 0 Å². The normalized spacial score (nSPS) is 10.3. The fourth-order valence-corrected chi connectivity index (χ4v) is 1.94. The molecule has 0 bridgehead atoms. The van der Waals surface area contributed by atoms with Crippen molar-refractivity contribution in [2.45, 2.75) is 26.2 Å². The summed E-state index contributed by atoms with van der Waals surface area (Å²) in [7, 11) is 1.73. The summed E-state index contributed by atoms with van der Waals surface area (Å²) in [5.74, 6) is 0.864. The predicted octanol–water partition coefficient (Wildman–Crippen LogP) is 3.65. The Morgan fingerprint density at radius 3 is 2.40 bits per heavy atom. The Bertz CT molecular complexity index is 556.